The quantitative estimate of drug-likeness (QED) is 0.624. The Labute approximate surface area is 122 Å². The third kappa shape index (κ3) is 3.39. The van der Waals surface area contributed by atoms with E-state index in [1.165, 1.54) is 14.2 Å². The van der Waals surface area contributed by atoms with Crippen molar-refractivity contribution in [2.24, 2.45) is 0 Å². The number of benzene rings is 2. The summed E-state index contributed by atoms with van der Waals surface area (Å²) >= 11 is 0. The normalized spacial score (nSPS) is 9.81. The second kappa shape index (κ2) is 6.56. The van der Waals surface area contributed by atoms with Crippen LogP contribution in [0.5, 0.6) is 17.2 Å². The Morgan fingerprint density at radius 3 is 2.29 bits per heavy atom. The van der Waals surface area contributed by atoms with Gasteiger partial charge < -0.3 is 14.2 Å². The van der Waals surface area contributed by atoms with Crippen molar-refractivity contribution in [2.75, 3.05) is 14.2 Å². The van der Waals surface area contributed by atoms with Crippen molar-refractivity contribution in [3.05, 3.63) is 53.6 Å². The fourth-order valence-corrected chi connectivity index (χ4v) is 1.75. The number of rotatable bonds is 5. The van der Waals surface area contributed by atoms with E-state index in [9.17, 15) is 9.59 Å². The van der Waals surface area contributed by atoms with Crippen LogP contribution in [-0.2, 0) is 4.74 Å². The van der Waals surface area contributed by atoms with Crippen LogP contribution in [0.15, 0.2) is 42.5 Å². The lowest BCUT2D eigenvalue weighted by atomic mass is 10.2. The fraction of sp³-hybridized carbons (Fsp3) is 0.125. The molecule has 0 radical (unpaired) electrons. The van der Waals surface area contributed by atoms with Gasteiger partial charge in [0.25, 0.3) is 0 Å². The molecule has 0 fully saturated rings. The van der Waals surface area contributed by atoms with E-state index >= 15 is 0 Å². The van der Waals surface area contributed by atoms with Crippen molar-refractivity contribution in [2.45, 2.75) is 0 Å². The van der Waals surface area contributed by atoms with Crippen LogP contribution >= 0.6 is 0 Å². The van der Waals surface area contributed by atoms with E-state index in [0.717, 1.165) is 6.29 Å². The van der Waals surface area contributed by atoms with Crippen LogP contribution in [0, 0.1) is 0 Å². The molecular weight excluding hydrogens is 272 g/mol. The summed E-state index contributed by atoms with van der Waals surface area (Å²) in [5.74, 6) is 1.04. The summed E-state index contributed by atoms with van der Waals surface area (Å²) in [6, 6.07) is 11.3. The number of aldehydes is 1. The van der Waals surface area contributed by atoms with Gasteiger partial charge in [0, 0.05) is 5.56 Å². The van der Waals surface area contributed by atoms with Gasteiger partial charge in [-0.25, -0.2) is 4.79 Å². The minimum absolute atomic E-state index is 0.415. The Morgan fingerprint density at radius 1 is 1.00 bits per heavy atom. The first-order valence-electron chi connectivity index (χ1n) is 6.17. The van der Waals surface area contributed by atoms with Gasteiger partial charge in [-0.15, -0.1) is 0 Å². The van der Waals surface area contributed by atoms with Crippen molar-refractivity contribution in [3.8, 4) is 17.2 Å². The molecule has 2 rings (SSSR count). The maximum Gasteiger partial charge on any atom is 0.337 e. The van der Waals surface area contributed by atoms with Crippen molar-refractivity contribution in [1.82, 2.24) is 0 Å². The van der Waals surface area contributed by atoms with E-state index in [1.807, 2.05) is 0 Å². The Hall–Kier alpha value is -2.82. The zero-order valence-corrected chi connectivity index (χ0v) is 11.7. The van der Waals surface area contributed by atoms with Crippen LogP contribution in [0.3, 0.4) is 0 Å². The molecule has 2 aromatic carbocycles. The molecule has 0 bridgehead atoms. The minimum Gasteiger partial charge on any atom is -0.493 e. The summed E-state index contributed by atoms with van der Waals surface area (Å²) in [4.78, 5) is 22.2. The fourth-order valence-electron chi connectivity index (χ4n) is 1.75. The number of carbonyl (C=O) groups excluding carboxylic acids is 2. The summed E-state index contributed by atoms with van der Waals surface area (Å²) in [5.41, 5.74) is 0.912. The average molecular weight is 286 g/mol. The molecule has 0 aliphatic carbocycles. The molecule has 0 atom stereocenters. The molecule has 0 unspecified atom stereocenters. The standard InChI is InChI=1S/C16H14O5/c1-19-14-8-3-11(10-17)9-15(14)21-13-6-4-12(5-7-13)16(18)20-2/h3-10H,1-2H3. The molecule has 0 aliphatic heterocycles. The predicted molar refractivity (Wildman–Crippen MR) is 76.2 cm³/mol. The summed E-state index contributed by atoms with van der Waals surface area (Å²) in [7, 11) is 2.84. The summed E-state index contributed by atoms with van der Waals surface area (Å²) in [6.45, 7) is 0. The molecule has 0 N–H and O–H groups in total. The van der Waals surface area contributed by atoms with Gasteiger partial charge in [-0.05, 0) is 42.5 Å². The van der Waals surface area contributed by atoms with Gasteiger partial charge in [0.2, 0.25) is 0 Å². The number of esters is 1. The van der Waals surface area contributed by atoms with Crippen LogP contribution < -0.4 is 9.47 Å². The van der Waals surface area contributed by atoms with E-state index in [0.29, 0.717) is 28.4 Å². The SMILES string of the molecule is COC(=O)c1ccc(Oc2cc(C=O)ccc2OC)cc1. The molecular formula is C16H14O5. The largest absolute Gasteiger partial charge is 0.493 e. The number of ether oxygens (including phenoxy) is 3. The molecule has 0 spiro atoms. The molecule has 0 aliphatic rings. The smallest absolute Gasteiger partial charge is 0.337 e. The molecule has 0 amide bonds. The molecule has 2 aromatic rings. The van der Waals surface area contributed by atoms with E-state index < -0.39 is 5.97 Å². The molecule has 0 aromatic heterocycles. The van der Waals surface area contributed by atoms with E-state index in [1.54, 1.807) is 42.5 Å². The lowest BCUT2D eigenvalue weighted by Crippen LogP contribution is -2.00. The first-order valence-corrected chi connectivity index (χ1v) is 6.17. The van der Waals surface area contributed by atoms with Crippen molar-refractivity contribution >= 4 is 12.3 Å². The Balaban J connectivity index is 2.25. The topological polar surface area (TPSA) is 61.8 Å². The van der Waals surface area contributed by atoms with Gasteiger partial charge in [0.15, 0.2) is 11.5 Å². The van der Waals surface area contributed by atoms with Crippen molar-refractivity contribution in [1.29, 1.82) is 0 Å². The predicted octanol–water partition coefficient (Wildman–Crippen LogP) is 3.09. The molecule has 0 heterocycles. The van der Waals surface area contributed by atoms with Gasteiger partial charge in [0.1, 0.15) is 12.0 Å². The van der Waals surface area contributed by atoms with Gasteiger partial charge in [-0.3, -0.25) is 4.79 Å². The monoisotopic (exact) mass is 286 g/mol. The summed E-state index contributed by atoms with van der Waals surface area (Å²) in [6.07, 6.45) is 0.729. The lowest BCUT2D eigenvalue weighted by Gasteiger charge is -2.11. The van der Waals surface area contributed by atoms with Gasteiger partial charge in [-0.2, -0.15) is 0 Å². The average Bonchev–Trinajstić information content (AvgIpc) is 2.54. The maximum absolute atomic E-state index is 11.3. The molecule has 0 saturated heterocycles. The number of methoxy groups -OCH3 is 2. The number of carbonyl (C=O) groups is 2. The van der Waals surface area contributed by atoms with Crippen molar-refractivity contribution < 1.29 is 23.8 Å². The summed E-state index contributed by atoms with van der Waals surface area (Å²) in [5, 5.41) is 0. The highest BCUT2D eigenvalue weighted by Crippen LogP contribution is 2.32. The van der Waals surface area contributed by atoms with E-state index in [2.05, 4.69) is 4.74 Å². The van der Waals surface area contributed by atoms with Crippen LogP contribution in [0.2, 0.25) is 0 Å². The van der Waals surface area contributed by atoms with Crippen LogP contribution in [0.1, 0.15) is 20.7 Å². The molecule has 5 nitrogen and oxygen atoms in total. The van der Waals surface area contributed by atoms with Gasteiger partial charge >= 0.3 is 5.97 Å². The van der Waals surface area contributed by atoms with Crippen LogP contribution in [0.25, 0.3) is 0 Å². The minimum atomic E-state index is -0.415. The number of hydrogen-bond acceptors (Lipinski definition) is 5. The highest BCUT2D eigenvalue weighted by atomic mass is 16.5. The first-order chi connectivity index (χ1) is 10.2. The first kappa shape index (κ1) is 14.6. The molecule has 108 valence electrons. The van der Waals surface area contributed by atoms with E-state index in [4.69, 9.17) is 9.47 Å². The Kier molecular flexibility index (Phi) is 4.56. The second-order valence-corrected chi connectivity index (χ2v) is 4.15. The third-order valence-electron chi connectivity index (χ3n) is 2.83. The highest BCUT2D eigenvalue weighted by molar-refractivity contribution is 5.89. The Bertz CT molecular complexity index is 646. The van der Waals surface area contributed by atoms with Crippen LogP contribution in [-0.4, -0.2) is 26.5 Å². The number of hydrogen-bond donors (Lipinski definition) is 0. The lowest BCUT2D eigenvalue weighted by molar-refractivity contribution is 0.0600. The Morgan fingerprint density at radius 2 is 1.71 bits per heavy atom. The third-order valence-corrected chi connectivity index (χ3v) is 2.83. The second-order valence-electron chi connectivity index (χ2n) is 4.15. The van der Waals surface area contributed by atoms with Crippen molar-refractivity contribution in [3.63, 3.8) is 0 Å². The van der Waals surface area contributed by atoms with E-state index in [-0.39, 0.29) is 0 Å². The zero-order valence-electron chi connectivity index (χ0n) is 11.7. The summed E-state index contributed by atoms with van der Waals surface area (Å²) < 4.78 is 15.5. The maximum atomic E-state index is 11.3. The molecule has 5 heteroatoms. The molecule has 0 saturated carbocycles. The van der Waals surface area contributed by atoms with Gasteiger partial charge in [0.05, 0.1) is 19.8 Å². The van der Waals surface area contributed by atoms with Gasteiger partial charge in [-0.1, -0.05) is 0 Å². The highest BCUT2D eigenvalue weighted by Gasteiger charge is 2.09. The molecule has 21 heavy (non-hydrogen) atoms. The zero-order chi connectivity index (χ0) is 15.2. The van der Waals surface area contributed by atoms with Crippen LogP contribution in [0.4, 0.5) is 0 Å².